The number of aliphatic hydroxyl groups is 1. The Hall–Kier alpha value is -1.62. The predicted molar refractivity (Wildman–Crippen MR) is 56.1 cm³/mol. The Morgan fingerprint density at radius 1 is 1.53 bits per heavy atom. The zero-order valence-corrected chi connectivity index (χ0v) is 8.74. The molecule has 2 aromatic rings. The highest BCUT2D eigenvalue weighted by molar-refractivity contribution is 5.41. The Morgan fingerprint density at radius 2 is 2.27 bits per heavy atom. The van der Waals surface area contributed by atoms with Gasteiger partial charge in [0.25, 0.3) is 5.56 Å². The highest BCUT2D eigenvalue weighted by atomic mass is 16.3. The SMILES string of the molecule is Cc1cc2[nH]c(C)c(CCO)c(=O)n2n1. The number of aromatic amines is 1. The van der Waals surface area contributed by atoms with Crippen molar-refractivity contribution in [2.45, 2.75) is 20.3 Å². The van der Waals surface area contributed by atoms with E-state index in [2.05, 4.69) is 10.1 Å². The molecule has 0 atom stereocenters. The molecule has 80 valence electrons. The van der Waals surface area contributed by atoms with E-state index in [9.17, 15) is 4.79 Å². The predicted octanol–water partition coefficient (Wildman–Crippen LogP) is 0.174. The van der Waals surface area contributed by atoms with Crippen LogP contribution in [0.3, 0.4) is 0 Å². The van der Waals surface area contributed by atoms with Gasteiger partial charge in [-0.25, -0.2) is 0 Å². The van der Waals surface area contributed by atoms with Gasteiger partial charge in [0.05, 0.1) is 5.69 Å². The van der Waals surface area contributed by atoms with Crippen LogP contribution in [0.4, 0.5) is 0 Å². The minimum absolute atomic E-state index is 0.0321. The van der Waals surface area contributed by atoms with E-state index in [4.69, 9.17) is 5.11 Å². The summed E-state index contributed by atoms with van der Waals surface area (Å²) in [7, 11) is 0. The summed E-state index contributed by atoms with van der Waals surface area (Å²) in [5, 5.41) is 13.0. The molecule has 0 unspecified atom stereocenters. The number of hydrogen-bond acceptors (Lipinski definition) is 3. The quantitative estimate of drug-likeness (QED) is 0.737. The molecule has 15 heavy (non-hydrogen) atoms. The largest absolute Gasteiger partial charge is 0.396 e. The van der Waals surface area contributed by atoms with Crippen molar-refractivity contribution in [2.24, 2.45) is 0 Å². The molecule has 0 aliphatic carbocycles. The van der Waals surface area contributed by atoms with Crippen LogP contribution >= 0.6 is 0 Å². The van der Waals surface area contributed by atoms with Gasteiger partial charge in [0.15, 0.2) is 0 Å². The Balaban J connectivity index is 2.77. The van der Waals surface area contributed by atoms with Crippen LogP contribution in [0.2, 0.25) is 0 Å². The zero-order valence-electron chi connectivity index (χ0n) is 8.74. The lowest BCUT2D eigenvalue weighted by Gasteiger charge is -2.03. The number of nitrogens with one attached hydrogen (secondary N) is 1. The minimum Gasteiger partial charge on any atom is -0.396 e. The second-order valence-electron chi connectivity index (χ2n) is 3.59. The van der Waals surface area contributed by atoms with E-state index in [1.54, 1.807) is 0 Å². The molecule has 0 aromatic carbocycles. The van der Waals surface area contributed by atoms with Gasteiger partial charge in [0, 0.05) is 30.4 Å². The molecular formula is C10H13N3O2. The van der Waals surface area contributed by atoms with E-state index in [0.29, 0.717) is 17.6 Å². The molecule has 0 aliphatic rings. The molecule has 0 fully saturated rings. The first-order valence-corrected chi connectivity index (χ1v) is 4.82. The van der Waals surface area contributed by atoms with Crippen LogP contribution in [0.5, 0.6) is 0 Å². The fourth-order valence-corrected chi connectivity index (χ4v) is 1.71. The molecule has 2 N–H and O–H groups in total. The lowest BCUT2D eigenvalue weighted by Crippen LogP contribution is -2.22. The van der Waals surface area contributed by atoms with Crippen molar-refractivity contribution in [3.63, 3.8) is 0 Å². The second-order valence-corrected chi connectivity index (χ2v) is 3.59. The number of aromatic nitrogens is 3. The molecule has 5 nitrogen and oxygen atoms in total. The summed E-state index contributed by atoms with van der Waals surface area (Å²) in [6.45, 7) is 3.63. The lowest BCUT2D eigenvalue weighted by atomic mass is 10.2. The van der Waals surface area contributed by atoms with Gasteiger partial charge in [-0.2, -0.15) is 9.61 Å². The van der Waals surface area contributed by atoms with Gasteiger partial charge >= 0.3 is 0 Å². The Labute approximate surface area is 86.4 Å². The summed E-state index contributed by atoms with van der Waals surface area (Å²) < 4.78 is 1.34. The monoisotopic (exact) mass is 207 g/mol. The summed E-state index contributed by atoms with van der Waals surface area (Å²) in [5.41, 5.74) is 2.72. The van der Waals surface area contributed by atoms with Crippen molar-refractivity contribution in [3.05, 3.63) is 33.4 Å². The fourth-order valence-electron chi connectivity index (χ4n) is 1.71. The topological polar surface area (TPSA) is 70.4 Å². The van der Waals surface area contributed by atoms with Crippen molar-refractivity contribution >= 4 is 5.65 Å². The minimum atomic E-state index is -0.150. The molecule has 2 aromatic heterocycles. The molecule has 2 rings (SSSR count). The highest BCUT2D eigenvalue weighted by Gasteiger charge is 2.09. The third-order valence-electron chi connectivity index (χ3n) is 2.41. The molecule has 0 amide bonds. The van der Waals surface area contributed by atoms with Gasteiger partial charge in [-0.15, -0.1) is 0 Å². The van der Waals surface area contributed by atoms with E-state index in [1.165, 1.54) is 4.52 Å². The van der Waals surface area contributed by atoms with Crippen LogP contribution in [-0.4, -0.2) is 26.3 Å². The maximum Gasteiger partial charge on any atom is 0.277 e. The Bertz CT molecular complexity index is 554. The molecule has 0 spiro atoms. The van der Waals surface area contributed by atoms with Gasteiger partial charge in [0.2, 0.25) is 0 Å². The molecule has 2 heterocycles. The zero-order chi connectivity index (χ0) is 11.0. The van der Waals surface area contributed by atoms with Crippen LogP contribution in [0, 0.1) is 13.8 Å². The van der Waals surface area contributed by atoms with Gasteiger partial charge < -0.3 is 10.1 Å². The number of aliphatic hydroxyl groups excluding tert-OH is 1. The average molecular weight is 207 g/mol. The van der Waals surface area contributed by atoms with Gasteiger partial charge in [-0.05, 0) is 13.8 Å². The summed E-state index contributed by atoms with van der Waals surface area (Å²) in [5.74, 6) is 0. The highest BCUT2D eigenvalue weighted by Crippen LogP contribution is 2.05. The number of fused-ring (bicyclic) bond motifs is 1. The van der Waals surface area contributed by atoms with E-state index in [1.807, 2.05) is 19.9 Å². The average Bonchev–Trinajstić information content (AvgIpc) is 2.53. The van der Waals surface area contributed by atoms with Gasteiger partial charge in [0.1, 0.15) is 5.65 Å². The second kappa shape index (κ2) is 3.51. The van der Waals surface area contributed by atoms with Crippen molar-refractivity contribution < 1.29 is 5.11 Å². The summed E-state index contributed by atoms with van der Waals surface area (Å²) in [6.07, 6.45) is 0.357. The fraction of sp³-hybridized carbons (Fsp3) is 0.400. The van der Waals surface area contributed by atoms with Crippen molar-refractivity contribution in [1.29, 1.82) is 0 Å². The Morgan fingerprint density at radius 3 is 2.93 bits per heavy atom. The van der Waals surface area contributed by atoms with Crippen molar-refractivity contribution in [3.8, 4) is 0 Å². The molecule has 0 radical (unpaired) electrons. The van der Waals surface area contributed by atoms with Crippen molar-refractivity contribution in [2.75, 3.05) is 6.61 Å². The lowest BCUT2D eigenvalue weighted by molar-refractivity contribution is 0.298. The molecule has 0 saturated heterocycles. The maximum atomic E-state index is 11.9. The maximum absolute atomic E-state index is 11.9. The molecule has 5 heteroatoms. The number of nitrogens with zero attached hydrogens (tertiary/aromatic N) is 2. The summed E-state index contributed by atoms with van der Waals surface area (Å²) >= 11 is 0. The number of rotatable bonds is 2. The molecule has 0 saturated carbocycles. The van der Waals surface area contributed by atoms with Crippen LogP contribution in [0.15, 0.2) is 10.9 Å². The summed E-state index contributed by atoms with van der Waals surface area (Å²) in [6, 6.07) is 1.82. The molecular weight excluding hydrogens is 194 g/mol. The van der Waals surface area contributed by atoms with E-state index in [0.717, 1.165) is 11.4 Å². The standard InChI is InChI=1S/C10H13N3O2/c1-6-5-9-11-7(2)8(3-4-14)10(15)13(9)12-6/h5,11,14H,3-4H2,1-2H3. The van der Waals surface area contributed by atoms with Crippen LogP contribution < -0.4 is 5.56 Å². The van der Waals surface area contributed by atoms with Gasteiger partial charge in [-0.3, -0.25) is 4.79 Å². The van der Waals surface area contributed by atoms with E-state index < -0.39 is 0 Å². The third-order valence-corrected chi connectivity index (χ3v) is 2.41. The van der Waals surface area contributed by atoms with Crippen molar-refractivity contribution in [1.82, 2.24) is 14.6 Å². The third kappa shape index (κ3) is 1.55. The van der Waals surface area contributed by atoms with Crippen LogP contribution in [0.1, 0.15) is 17.0 Å². The van der Waals surface area contributed by atoms with Crippen LogP contribution in [-0.2, 0) is 6.42 Å². The first kappa shape index (κ1) is 9.92. The normalized spacial score (nSPS) is 11.1. The number of aryl methyl sites for hydroxylation is 2. The smallest absolute Gasteiger partial charge is 0.277 e. The number of hydrogen-bond donors (Lipinski definition) is 2. The first-order chi connectivity index (χ1) is 7.13. The van der Waals surface area contributed by atoms with E-state index in [-0.39, 0.29) is 12.2 Å². The first-order valence-electron chi connectivity index (χ1n) is 4.82. The summed E-state index contributed by atoms with van der Waals surface area (Å²) in [4.78, 5) is 15.0. The molecule has 0 aliphatic heterocycles. The Kier molecular flexibility index (Phi) is 2.32. The van der Waals surface area contributed by atoms with Crippen LogP contribution in [0.25, 0.3) is 5.65 Å². The number of H-pyrrole nitrogens is 1. The van der Waals surface area contributed by atoms with E-state index >= 15 is 0 Å². The molecule has 0 bridgehead atoms. The van der Waals surface area contributed by atoms with Gasteiger partial charge in [-0.1, -0.05) is 0 Å².